The maximum Gasteiger partial charge on any atom is 0.223 e. The standard InChI is InChI=1S/C15H24N4O/c1-19(2)14-7-6-11(9-17-14)10-18-15(20)13-5-3-4-12(13)8-16/h6-7,9,12-13H,3-5,8,10,16H2,1-2H3,(H,18,20)/t12-,13-/m1/s1. The minimum Gasteiger partial charge on any atom is -0.363 e. The van der Waals surface area contributed by atoms with Gasteiger partial charge in [0.15, 0.2) is 0 Å². The van der Waals surface area contributed by atoms with Crippen molar-refractivity contribution in [2.24, 2.45) is 17.6 Å². The van der Waals surface area contributed by atoms with Gasteiger partial charge in [-0.15, -0.1) is 0 Å². The van der Waals surface area contributed by atoms with E-state index in [0.717, 1.165) is 30.6 Å². The number of carbonyl (C=O) groups excluding carboxylic acids is 1. The van der Waals surface area contributed by atoms with Crippen molar-refractivity contribution >= 4 is 11.7 Å². The Bertz CT molecular complexity index is 444. The Hall–Kier alpha value is -1.62. The summed E-state index contributed by atoms with van der Waals surface area (Å²) in [6, 6.07) is 3.96. The molecule has 1 aromatic heterocycles. The van der Waals surface area contributed by atoms with Gasteiger partial charge < -0.3 is 16.0 Å². The quantitative estimate of drug-likeness (QED) is 0.846. The van der Waals surface area contributed by atoms with Crippen molar-refractivity contribution in [1.29, 1.82) is 0 Å². The third-order valence-corrected chi connectivity index (χ3v) is 4.03. The van der Waals surface area contributed by atoms with Gasteiger partial charge >= 0.3 is 0 Å². The molecule has 3 N–H and O–H groups in total. The number of nitrogens with zero attached hydrogens (tertiary/aromatic N) is 2. The van der Waals surface area contributed by atoms with E-state index in [0.29, 0.717) is 19.0 Å². The van der Waals surface area contributed by atoms with E-state index < -0.39 is 0 Å². The Morgan fingerprint density at radius 3 is 2.85 bits per heavy atom. The molecule has 2 atom stereocenters. The first-order valence-corrected chi connectivity index (χ1v) is 7.22. The number of anilines is 1. The Balaban J connectivity index is 1.87. The second kappa shape index (κ2) is 6.70. The first-order chi connectivity index (χ1) is 9.61. The van der Waals surface area contributed by atoms with Crippen molar-refractivity contribution < 1.29 is 4.79 Å². The van der Waals surface area contributed by atoms with E-state index in [1.165, 1.54) is 0 Å². The molecule has 0 aromatic carbocycles. The molecule has 1 saturated carbocycles. The Kier molecular flexibility index (Phi) is 4.95. The molecule has 0 bridgehead atoms. The van der Waals surface area contributed by atoms with E-state index in [1.807, 2.05) is 37.3 Å². The first kappa shape index (κ1) is 14.8. The molecule has 1 fully saturated rings. The topological polar surface area (TPSA) is 71.2 Å². The van der Waals surface area contributed by atoms with E-state index in [9.17, 15) is 4.79 Å². The average molecular weight is 276 g/mol. The van der Waals surface area contributed by atoms with Gasteiger partial charge in [-0.1, -0.05) is 12.5 Å². The van der Waals surface area contributed by atoms with E-state index >= 15 is 0 Å². The van der Waals surface area contributed by atoms with Crippen LogP contribution in [0.25, 0.3) is 0 Å². The lowest BCUT2D eigenvalue weighted by molar-refractivity contribution is -0.126. The van der Waals surface area contributed by atoms with Crippen LogP contribution in [0.15, 0.2) is 18.3 Å². The van der Waals surface area contributed by atoms with Gasteiger partial charge in [-0.25, -0.2) is 4.98 Å². The van der Waals surface area contributed by atoms with Crippen LogP contribution in [-0.4, -0.2) is 31.5 Å². The fourth-order valence-electron chi connectivity index (χ4n) is 2.77. The monoisotopic (exact) mass is 276 g/mol. The maximum atomic E-state index is 12.2. The molecule has 0 saturated heterocycles. The van der Waals surface area contributed by atoms with Crippen molar-refractivity contribution in [3.63, 3.8) is 0 Å². The van der Waals surface area contributed by atoms with Crippen LogP contribution in [-0.2, 0) is 11.3 Å². The highest BCUT2D eigenvalue weighted by atomic mass is 16.1. The molecule has 0 unspecified atom stereocenters. The van der Waals surface area contributed by atoms with Gasteiger partial charge in [0.1, 0.15) is 5.82 Å². The number of hydrogen-bond acceptors (Lipinski definition) is 4. The molecule has 5 heteroatoms. The number of nitrogens with two attached hydrogens (primary N) is 1. The number of aromatic nitrogens is 1. The van der Waals surface area contributed by atoms with Crippen LogP contribution in [0.4, 0.5) is 5.82 Å². The molecular weight excluding hydrogens is 252 g/mol. The predicted molar refractivity (Wildman–Crippen MR) is 80.3 cm³/mol. The smallest absolute Gasteiger partial charge is 0.223 e. The van der Waals surface area contributed by atoms with Crippen LogP contribution < -0.4 is 16.0 Å². The first-order valence-electron chi connectivity index (χ1n) is 7.22. The van der Waals surface area contributed by atoms with Crippen LogP contribution in [0.3, 0.4) is 0 Å². The minimum atomic E-state index is 0.0917. The number of pyridine rings is 1. The van der Waals surface area contributed by atoms with Gasteiger partial charge in [-0.3, -0.25) is 4.79 Å². The lowest BCUT2D eigenvalue weighted by Gasteiger charge is -2.17. The number of rotatable bonds is 5. The van der Waals surface area contributed by atoms with E-state index in [4.69, 9.17) is 5.73 Å². The molecule has 0 radical (unpaired) electrons. The summed E-state index contributed by atoms with van der Waals surface area (Å²) in [7, 11) is 3.91. The second-order valence-electron chi connectivity index (χ2n) is 5.67. The summed E-state index contributed by atoms with van der Waals surface area (Å²) in [6.07, 6.45) is 4.96. The second-order valence-corrected chi connectivity index (χ2v) is 5.67. The van der Waals surface area contributed by atoms with Gasteiger partial charge in [0.05, 0.1) is 0 Å². The van der Waals surface area contributed by atoms with E-state index in [1.54, 1.807) is 0 Å². The highest BCUT2D eigenvalue weighted by Gasteiger charge is 2.31. The molecule has 1 aliphatic rings. The van der Waals surface area contributed by atoms with E-state index in [2.05, 4.69) is 10.3 Å². The highest BCUT2D eigenvalue weighted by molar-refractivity contribution is 5.79. The number of carbonyl (C=O) groups is 1. The molecular formula is C15H24N4O. The fraction of sp³-hybridized carbons (Fsp3) is 0.600. The van der Waals surface area contributed by atoms with Crippen molar-refractivity contribution in [3.05, 3.63) is 23.9 Å². The summed E-state index contributed by atoms with van der Waals surface area (Å²) in [5.74, 6) is 1.49. The fourth-order valence-corrected chi connectivity index (χ4v) is 2.77. The number of nitrogens with one attached hydrogen (secondary N) is 1. The van der Waals surface area contributed by atoms with Crippen LogP contribution in [0, 0.1) is 11.8 Å². The third kappa shape index (κ3) is 3.48. The van der Waals surface area contributed by atoms with Gasteiger partial charge in [0.25, 0.3) is 0 Å². The van der Waals surface area contributed by atoms with Gasteiger partial charge in [0.2, 0.25) is 5.91 Å². The molecule has 1 amide bonds. The van der Waals surface area contributed by atoms with Gasteiger partial charge in [-0.2, -0.15) is 0 Å². The zero-order valence-corrected chi connectivity index (χ0v) is 12.3. The Morgan fingerprint density at radius 2 is 2.25 bits per heavy atom. The summed E-state index contributed by atoms with van der Waals surface area (Å²) < 4.78 is 0. The zero-order chi connectivity index (χ0) is 14.5. The number of amides is 1. The summed E-state index contributed by atoms with van der Waals surface area (Å²) in [6.45, 7) is 1.14. The molecule has 2 rings (SSSR count). The van der Waals surface area contributed by atoms with Crippen molar-refractivity contribution in [2.45, 2.75) is 25.8 Å². The lowest BCUT2D eigenvalue weighted by Crippen LogP contribution is -2.34. The van der Waals surface area contributed by atoms with Crippen molar-refractivity contribution in [3.8, 4) is 0 Å². The molecule has 5 nitrogen and oxygen atoms in total. The van der Waals surface area contributed by atoms with Crippen molar-refractivity contribution in [1.82, 2.24) is 10.3 Å². The Morgan fingerprint density at radius 1 is 1.45 bits per heavy atom. The summed E-state index contributed by atoms with van der Waals surface area (Å²) in [4.78, 5) is 18.5. The molecule has 1 aromatic rings. The van der Waals surface area contributed by atoms with Crippen LogP contribution in [0.1, 0.15) is 24.8 Å². The summed E-state index contributed by atoms with van der Waals surface area (Å²) >= 11 is 0. The van der Waals surface area contributed by atoms with Crippen molar-refractivity contribution in [2.75, 3.05) is 25.5 Å². The summed E-state index contributed by atoms with van der Waals surface area (Å²) in [5.41, 5.74) is 6.74. The molecule has 1 aliphatic carbocycles. The lowest BCUT2D eigenvalue weighted by atomic mass is 9.95. The largest absolute Gasteiger partial charge is 0.363 e. The predicted octanol–water partition coefficient (Wildman–Crippen LogP) is 1.14. The normalized spacial score (nSPS) is 21.8. The van der Waals surface area contributed by atoms with Crippen LogP contribution in [0.5, 0.6) is 0 Å². The zero-order valence-electron chi connectivity index (χ0n) is 12.3. The molecule has 0 spiro atoms. The Labute approximate surface area is 120 Å². The van der Waals surface area contributed by atoms with Crippen LogP contribution in [0.2, 0.25) is 0 Å². The highest BCUT2D eigenvalue weighted by Crippen LogP contribution is 2.30. The maximum absolute atomic E-state index is 12.2. The van der Waals surface area contributed by atoms with Gasteiger partial charge in [-0.05, 0) is 36.9 Å². The average Bonchev–Trinajstić information content (AvgIpc) is 2.93. The van der Waals surface area contributed by atoms with Crippen LogP contribution >= 0.6 is 0 Å². The van der Waals surface area contributed by atoms with Gasteiger partial charge in [0, 0.05) is 32.8 Å². The molecule has 0 aliphatic heterocycles. The van der Waals surface area contributed by atoms with E-state index in [-0.39, 0.29) is 11.8 Å². The minimum absolute atomic E-state index is 0.0917. The molecule has 1 heterocycles. The molecule has 20 heavy (non-hydrogen) atoms. The SMILES string of the molecule is CN(C)c1ccc(CNC(=O)[C@@H]2CCC[C@@H]2CN)cn1. The third-order valence-electron chi connectivity index (χ3n) is 4.03. The summed E-state index contributed by atoms with van der Waals surface area (Å²) in [5, 5.41) is 3.01. The number of hydrogen-bond donors (Lipinski definition) is 2. The molecule has 110 valence electrons.